The first-order valence-corrected chi connectivity index (χ1v) is 8.27. The van der Waals surface area contributed by atoms with Gasteiger partial charge in [-0.15, -0.1) is 0 Å². The Hall–Kier alpha value is -2.75. The fraction of sp³-hybridized carbons (Fsp3) is 0.250. The SMILES string of the molecule is CCOc1ccccc1C(=O)NCCc1c(C)[nH]c2ccccc12. The molecular weight excluding hydrogens is 300 g/mol. The highest BCUT2D eigenvalue weighted by Crippen LogP contribution is 2.22. The van der Waals surface area contributed by atoms with E-state index in [0.29, 0.717) is 24.5 Å². The summed E-state index contributed by atoms with van der Waals surface area (Å²) in [5.74, 6) is 0.525. The first-order valence-electron chi connectivity index (χ1n) is 8.27. The molecular formula is C20H22N2O2. The minimum Gasteiger partial charge on any atom is -0.493 e. The number of amides is 1. The number of aromatic amines is 1. The summed E-state index contributed by atoms with van der Waals surface area (Å²) in [4.78, 5) is 15.8. The maximum Gasteiger partial charge on any atom is 0.255 e. The van der Waals surface area contributed by atoms with Crippen LogP contribution in [0, 0.1) is 6.92 Å². The van der Waals surface area contributed by atoms with Gasteiger partial charge in [0.15, 0.2) is 0 Å². The third-order valence-electron chi connectivity index (χ3n) is 4.12. The predicted molar refractivity (Wildman–Crippen MR) is 96.7 cm³/mol. The number of hydrogen-bond acceptors (Lipinski definition) is 2. The van der Waals surface area contributed by atoms with E-state index in [0.717, 1.165) is 17.6 Å². The molecule has 0 atom stereocenters. The first-order chi connectivity index (χ1) is 11.7. The third kappa shape index (κ3) is 3.27. The number of carbonyl (C=O) groups excluding carboxylic acids is 1. The second-order valence-electron chi connectivity index (χ2n) is 5.71. The topological polar surface area (TPSA) is 54.1 Å². The second-order valence-corrected chi connectivity index (χ2v) is 5.71. The number of ether oxygens (including phenoxy) is 1. The van der Waals surface area contributed by atoms with Gasteiger partial charge in [0.05, 0.1) is 12.2 Å². The molecule has 3 rings (SSSR count). The molecule has 0 bridgehead atoms. The normalized spacial score (nSPS) is 10.8. The van der Waals surface area contributed by atoms with E-state index in [9.17, 15) is 4.79 Å². The molecule has 3 aromatic rings. The standard InChI is InChI=1S/C20H22N2O2/c1-3-24-19-11-7-5-9-17(19)20(23)21-13-12-15-14(2)22-18-10-6-4-8-16(15)18/h4-11,22H,3,12-13H2,1-2H3,(H,21,23). The molecule has 2 aromatic carbocycles. The van der Waals surface area contributed by atoms with Gasteiger partial charge >= 0.3 is 0 Å². The number of nitrogens with one attached hydrogen (secondary N) is 2. The number of rotatable bonds is 6. The molecule has 124 valence electrons. The van der Waals surface area contributed by atoms with E-state index in [1.807, 2.05) is 37.3 Å². The van der Waals surface area contributed by atoms with Crippen LogP contribution >= 0.6 is 0 Å². The number of para-hydroxylation sites is 2. The van der Waals surface area contributed by atoms with Crippen molar-refractivity contribution >= 4 is 16.8 Å². The Morgan fingerprint density at radius 1 is 1.12 bits per heavy atom. The summed E-state index contributed by atoms with van der Waals surface area (Å²) in [7, 11) is 0. The van der Waals surface area contributed by atoms with Crippen molar-refractivity contribution in [2.45, 2.75) is 20.3 Å². The van der Waals surface area contributed by atoms with E-state index < -0.39 is 0 Å². The van der Waals surface area contributed by atoms with E-state index in [4.69, 9.17) is 4.74 Å². The Bertz CT molecular complexity index is 852. The quantitative estimate of drug-likeness (QED) is 0.724. The molecule has 0 radical (unpaired) electrons. The van der Waals surface area contributed by atoms with Crippen LogP contribution in [-0.4, -0.2) is 24.0 Å². The number of aryl methyl sites for hydroxylation is 1. The molecule has 0 aliphatic carbocycles. The van der Waals surface area contributed by atoms with Crippen LogP contribution in [0.5, 0.6) is 5.75 Å². The zero-order chi connectivity index (χ0) is 16.9. The Labute approximate surface area is 141 Å². The molecule has 0 spiro atoms. The van der Waals surface area contributed by atoms with Gasteiger partial charge < -0.3 is 15.0 Å². The van der Waals surface area contributed by atoms with Crippen LogP contribution in [0.2, 0.25) is 0 Å². The van der Waals surface area contributed by atoms with E-state index in [2.05, 4.69) is 29.4 Å². The number of H-pyrrole nitrogens is 1. The van der Waals surface area contributed by atoms with Gasteiger partial charge in [-0.25, -0.2) is 0 Å². The first kappa shape index (κ1) is 16.1. The van der Waals surface area contributed by atoms with Crippen molar-refractivity contribution in [3.63, 3.8) is 0 Å². The van der Waals surface area contributed by atoms with Crippen molar-refractivity contribution in [2.75, 3.05) is 13.2 Å². The lowest BCUT2D eigenvalue weighted by molar-refractivity contribution is 0.0950. The molecule has 1 aromatic heterocycles. The van der Waals surface area contributed by atoms with Crippen molar-refractivity contribution in [3.8, 4) is 5.75 Å². The van der Waals surface area contributed by atoms with Crippen LogP contribution in [0.25, 0.3) is 10.9 Å². The number of hydrogen-bond donors (Lipinski definition) is 2. The van der Waals surface area contributed by atoms with Crippen molar-refractivity contribution in [1.82, 2.24) is 10.3 Å². The fourth-order valence-corrected chi connectivity index (χ4v) is 2.99. The summed E-state index contributed by atoms with van der Waals surface area (Å²) in [5, 5.41) is 4.22. The Balaban J connectivity index is 1.68. The number of fused-ring (bicyclic) bond motifs is 1. The highest BCUT2D eigenvalue weighted by Gasteiger charge is 2.12. The number of aromatic nitrogens is 1. The molecule has 0 aliphatic heterocycles. The van der Waals surface area contributed by atoms with Crippen LogP contribution in [0.15, 0.2) is 48.5 Å². The second kappa shape index (κ2) is 7.21. The van der Waals surface area contributed by atoms with Crippen LogP contribution in [-0.2, 0) is 6.42 Å². The Kier molecular flexibility index (Phi) is 4.85. The van der Waals surface area contributed by atoms with Gasteiger partial charge in [0.2, 0.25) is 0 Å². The molecule has 0 saturated heterocycles. The molecule has 2 N–H and O–H groups in total. The lowest BCUT2D eigenvalue weighted by Gasteiger charge is -2.10. The molecule has 0 saturated carbocycles. The summed E-state index contributed by atoms with van der Waals surface area (Å²) in [6, 6.07) is 15.6. The summed E-state index contributed by atoms with van der Waals surface area (Å²) < 4.78 is 5.52. The summed E-state index contributed by atoms with van der Waals surface area (Å²) in [6.45, 7) is 5.11. The van der Waals surface area contributed by atoms with Gasteiger partial charge in [-0.2, -0.15) is 0 Å². The molecule has 1 heterocycles. The van der Waals surface area contributed by atoms with Gasteiger partial charge in [-0.3, -0.25) is 4.79 Å². The van der Waals surface area contributed by atoms with Gasteiger partial charge in [0.25, 0.3) is 5.91 Å². The van der Waals surface area contributed by atoms with Crippen molar-refractivity contribution < 1.29 is 9.53 Å². The predicted octanol–water partition coefficient (Wildman–Crippen LogP) is 3.85. The third-order valence-corrected chi connectivity index (χ3v) is 4.12. The van der Waals surface area contributed by atoms with Crippen molar-refractivity contribution in [3.05, 3.63) is 65.4 Å². The lowest BCUT2D eigenvalue weighted by atomic mass is 10.1. The van der Waals surface area contributed by atoms with Gasteiger partial charge in [-0.1, -0.05) is 30.3 Å². The zero-order valence-electron chi connectivity index (χ0n) is 14.1. The number of carbonyl (C=O) groups is 1. The van der Waals surface area contributed by atoms with Crippen LogP contribution < -0.4 is 10.1 Å². The van der Waals surface area contributed by atoms with E-state index in [1.165, 1.54) is 10.9 Å². The summed E-state index contributed by atoms with van der Waals surface area (Å²) in [5.41, 5.74) is 4.12. The van der Waals surface area contributed by atoms with Crippen molar-refractivity contribution in [1.29, 1.82) is 0 Å². The molecule has 0 fully saturated rings. The van der Waals surface area contributed by atoms with Crippen molar-refractivity contribution in [2.24, 2.45) is 0 Å². The average Bonchev–Trinajstić information content (AvgIpc) is 2.91. The summed E-state index contributed by atoms with van der Waals surface area (Å²) >= 11 is 0. The highest BCUT2D eigenvalue weighted by molar-refractivity contribution is 5.97. The van der Waals surface area contributed by atoms with E-state index >= 15 is 0 Å². The van der Waals surface area contributed by atoms with Gasteiger partial charge in [0, 0.05) is 23.1 Å². The van der Waals surface area contributed by atoms with Crippen LogP contribution in [0.4, 0.5) is 0 Å². The van der Waals surface area contributed by atoms with Gasteiger partial charge in [0.1, 0.15) is 5.75 Å². The monoisotopic (exact) mass is 322 g/mol. The lowest BCUT2D eigenvalue weighted by Crippen LogP contribution is -2.26. The van der Waals surface area contributed by atoms with Gasteiger partial charge in [-0.05, 0) is 44.0 Å². The highest BCUT2D eigenvalue weighted by atomic mass is 16.5. The Morgan fingerprint density at radius 3 is 2.71 bits per heavy atom. The summed E-state index contributed by atoms with van der Waals surface area (Å²) in [6.07, 6.45) is 0.790. The van der Waals surface area contributed by atoms with Crippen LogP contribution in [0.1, 0.15) is 28.5 Å². The maximum atomic E-state index is 12.4. The van der Waals surface area contributed by atoms with E-state index in [-0.39, 0.29) is 5.91 Å². The molecule has 1 amide bonds. The maximum absolute atomic E-state index is 12.4. The minimum absolute atomic E-state index is 0.100. The van der Waals surface area contributed by atoms with Crippen LogP contribution in [0.3, 0.4) is 0 Å². The largest absolute Gasteiger partial charge is 0.493 e. The minimum atomic E-state index is -0.100. The molecule has 0 unspecified atom stereocenters. The Morgan fingerprint density at radius 2 is 1.88 bits per heavy atom. The molecule has 0 aliphatic rings. The molecule has 4 nitrogen and oxygen atoms in total. The average molecular weight is 322 g/mol. The smallest absolute Gasteiger partial charge is 0.255 e. The fourth-order valence-electron chi connectivity index (χ4n) is 2.99. The zero-order valence-corrected chi connectivity index (χ0v) is 14.1. The van der Waals surface area contributed by atoms with E-state index in [1.54, 1.807) is 6.07 Å². The molecule has 24 heavy (non-hydrogen) atoms. The molecule has 4 heteroatoms. The number of benzene rings is 2.